The van der Waals surface area contributed by atoms with Gasteiger partial charge in [-0.05, 0) is 62.4 Å². The molecule has 3 aromatic carbocycles. The fourth-order valence-electron chi connectivity index (χ4n) is 3.62. The van der Waals surface area contributed by atoms with Crippen LogP contribution in [0.2, 0.25) is 5.02 Å². The Morgan fingerprint density at radius 2 is 1.68 bits per heavy atom. The van der Waals surface area contributed by atoms with Crippen molar-refractivity contribution in [2.45, 2.75) is 33.0 Å². The van der Waals surface area contributed by atoms with Crippen LogP contribution in [0, 0.1) is 0 Å². The average Bonchev–Trinajstić information content (AvgIpc) is 3.11. The molecule has 0 fully saturated rings. The number of hydrogen-bond donors (Lipinski definition) is 0. The highest BCUT2D eigenvalue weighted by atomic mass is 35.5. The molecule has 1 heterocycles. The number of anilines is 1. The summed E-state index contributed by atoms with van der Waals surface area (Å²) >= 11 is 5.96. The molecule has 0 unspecified atom stereocenters. The molecule has 6 heteroatoms. The van der Waals surface area contributed by atoms with Gasteiger partial charge in [0.05, 0.1) is 11.0 Å². The third kappa shape index (κ3) is 4.72. The number of hydrogen-bond acceptors (Lipinski definition) is 3. The fraction of sp³-hybridized carbons (Fsp3) is 0.200. The second-order valence-corrected chi connectivity index (χ2v) is 7.97. The first-order valence-electron chi connectivity index (χ1n) is 10.2. The standard InChI is InChI=1S/C25H24ClN3O2/c1-18(2)29(20-8-4-3-5-9-20)25(30)16-28-23-11-7-6-10-22(23)27-24(28)17-31-21-14-12-19(26)13-15-21/h3-15,18H,16-17H2,1-2H3. The molecular formula is C25H24ClN3O2. The van der Waals surface area contributed by atoms with Crippen molar-refractivity contribution in [1.82, 2.24) is 9.55 Å². The highest BCUT2D eigenvalue weighted by molar-refractivity contribution is 6.30. The lowest BCUT2D eigenvalue weighted by atomic mass is 10.2. The molecule has 1 aromatic heterocycles. The minimum Gasteiger partial charge on any atom is -0.486 e. The quantitative estimate of drug-likeness (QED) is 0.375. The molecule has 0 spiro atoms. The Morgan fingerprint density at radius 1 is 1.00 bits per heavy atom. The molecule has 158 valence electrons. The molecule has 0 aliphatic heterocycles. The third-order valence-electron chi connectivity index (χ3n) is 5.03. The maximum absolute atomic E-state index is 13.4. The number of carbonyl (C=O) groups is 1. The van der Waals surface area contributed by atoms with Gasteiger partial charge in [0.1, 0.15) is 24.7 Å². The summed E-state index contributed by atoms with van der Waals surface area (Å²) in [7, 11) is 0. The molecule has 0 saturated heterocycles. The number of ether oxygens (including phenoxy) is 1. The van der Waals surface area contributed by atoms with E-state index < -0.39 is 0 Å². The van der Waals surface area contributed by atoms with Crippen LogP contribution < -0.4 is 9.64 Å². The van der Waals surface area contributed by atoms with Gasteiger partial charge in [-0.25, -0.2) is 4.98 Å². The minimum absolute atomic E-state index is 0.00269. The Bertz CT molecular complexity index is 1170. The number of carbonyl (C=O) groups excluding carboxylic acids is 1. The zero-order chi connectivity index (χ0) is 21.8. The smallest absolute Gasteiger partial charge is 0.247 e. The summed E-state index contributed by atoms with van der Waals surface area (Å²) in [6.45, 7) is 4.45. The van der Waals surface area contributed by atoms with Crippen molar-refractivity contribution in [2.24, 2.45) is 0 Å². The van der Waals surface area contributed by atoms with Crippen LogP contribution in [0.1, 0.15) is 19.7 Å². The molecule has 1 amide bonds. The van der Waals surface area contributed by atoms with Gasteiger partial charge in [-0.1, -0.05) is 41.9 Å². The van der Waals surface area contributed by atoms with Gasteiger partial charge in [-0.15, -0.1) is 0 Å². The normalized spacial score (nSPS) is 11.1. The number of imidazole rings is 1. The maximum atomic E-state index is 13.4. The zero-order valence-electron chi connectivity index (χ0n) is 17.5. The summed E-state index contributed by atoms with van der Waals surface area (Å²) in [4.78, 5) is 19.9. The van der Waals surface area contributed by atoms with E-state index in [1.807, 2.05) is 90.0 Å². The SMILES string of the molecule is CC(C)N(C(=O)Cn1c(COc2ccc(Cl)cc2)nc2ccccc21)c1ccccc1. The van der Waals surface area contributed by atoms with Crippen LogP contribution in [0.4, 0.5) is 5.69 Å². The van der Waals surface area contributed by atoms with E-state index in [0.717, 1.165) is 16.7 Å². The number of para-hydroxylation sites is 3. The molecule has 0 atom stereocenters. The molecule has 4 aromatic rings. The molecular weight excluding hydrogens is 410 g/mol. The number of rotatable bonds is 7. The molecule has 0 radical (unpaired) electrons. The molecule has 0 aliphatic rings. The van der Waals surface area contributed by atoms with Crippen LogP contribution in [-0.2, 0) is 17.9 Å². The molecule has 0 saturated carbocycles. The van der Waals surface area contributed by atoms with Gasteiger partial charge in [0.25, 0.3) is 0 Å². The first-order chi connectivity index (χ1) is 15.0. The van der Waals surface area contributed by atoms with Crippen molar-refractivity contribution in [3.63, 3.8) is 0 Å². The molecule has 0 N–H and O–H groups in total. The van der Waals surface area contributed by atoms with Crippen molar-refractivity contribution < 1.29 is 9.53 Å². The minimum atomic E-state index is -0.00269. The van der Waals surface area contributed by atoms with Crippen LogP contribution in [0.5, 0.6) is 5.75 Å². The molecule has 4 rings (SSSR count). The van der Waals surface area contributed by atoms with Crippen molar-refractivity contribution >= 4 is 34.2 Å². The number of amides is 1. The number of fused-ring (bicyclic) bond motifs is 1. The van der Waals surface area contributed by atoms with Gasteiger partial charge in [-0.2, -0.15) is 0 Å². The van der Waals surface area contributed by atoms with Gasteiger partial charge in [0, 0.05) is 16.8 Å². The van der Waals surface area contributed by atoms with E-state index in [0.29, 0.717) is 16.6 Å². The number of aromatic nitrogens is 2. The van der Waals surface area contributed by atoms with Gasteiger partial charge in [0.2, 0.25) is 5.91 Å². The van der Waals surface area contributed by atoms with Crippen LogP contribution in [-0.4, -0.2) is 21.5 Å². The lowest BCUT2D eigenvalue weighted by molar-refractivity contribution is -0.119. The van der Waals surface area contributed by atoms with Gasteiger partial charge in [0.15, 0.2) is 0 Å². The second kappa shape index (κ2) is 9.23. The monoisotopic (exact) mass is 433 g/mol. The van der Waals surface area contributed by atoms with Gasteiger partial charge >= 0.3 is 0 Å². The van der Waals surface area contributed by atoms with Gasteiger partial charge in [-0.3, -0.25) is 4.79 Å². The Labute approximate surface area is 186 Å². The number of benzene rings is 3. The number of nitrogens with zero attached hydrogens (tertiary/aromatic N) is 3. The van der Waals surface area contributed by atoms with E-state index >= 15 is 0 Å². The fourth-order valence-corrected chi connectivity index (χ4v) is 3.75. The van der Waals surface area contributed by atoms with Crippen molar-refractivity contribution in [3.8, 4) is 5.75 Å². The van der Waals surface area contributed by atoms with Crippen molar-refractivity contribution in [3.05, 3.63) is 89.7 Å². The average molecular weight is 434 g/mol. The van der Waals surface area contributed by atoms with Crippen LogP contribution in [0.15, 0.2) is 78.9 Å². The van der Waals surface area contributed by atoms with Crippen LogP contribution >= 0.6 is 11.6 Å². The van der Waals surface area contributed by atoms with E-state index in [2.05, 4.69) is 0 Å². The Kier molecular flexibility index (Phi) is 6.23. The summed E-state index contributed by atoms with van der Waals surface area (Å²) in [5.41, 5.74) is 2.62. The highest BCUT2D eigenvalue weighted by Gasteiger charge is 2.22. The number of halogens is 1. The first-order valence-corrected chi connectivity index (χ1v) is 10.6. The predicted octanol–water partition coefficient (Wildman–Crippen LogP) is 5.71. The molecule has 0 bridgehead atoms. The predicted molar refractivity (Wildman–Crippen MR) is 125 cm³/mol. The van der Waals surface area contributed by atoms with Crippen molar-refractivity contribution in [1.29, 1.82) is 0 Å². The zero-order valence-corrected chi connectivity index (χ0v) is 18.3. The molecule has 0 aliphatic carbocycles. The van der Waals surface area contributed by atoms with Crippen molar-refractivity contribution in [2.75, 3.05) is 4.90 Å². The summed E-state index contributed by atoms with van der Waals surface area (Å²) in [5, 5.41) is 0.653. The molecule has 31 heavy (non-hydrogen) atoms. The topological polar surface area (TPSA) is 47.4 Å². The van der Waals surface area contributed by atoms with E-state index in [-0.39, 0.29) is 25.1 Å². The van der Waals surface area contributed by atoms with E-state index in [4.69, 9.17) is 21.3 Å². The molecule has 5 nitrogen and oxygen atoms in total. The second-order valence-electron chi connectivity index (χ2n) is 7.54. The maximum Gasteiger partial charge on any atom is 0.247 e. The lowest BCUT2D eigenvalue weighted by Gasteiger charge is -2.27. The van der Waals surface area contributed by atoms with E-state index in [9.17, 15) is 4.79 Å². The van der Waals surface area contributed by atoms with Gasteiger partial charge < -0.3 is 14.2 Å². The van der Waals surface area contributed by atoms with E-state index in [1.165, 1.54) is 0 Å². The van der Waals surface area contributed by atoms with E-state index in [1.54, 1.807) is 12.1 Å². The summed E-state index contributed by atoms with van der Waals surface area (Å²) in [6, 6.07) is 24.8. The van der Waals surface area contributed by atoms with Crippen LogP contribution in [0.3, 0.4) is 0 Å². The first kappa shape index (κ1) is 20.9. The Morgan fingerprint density at radius 3 is 2.39 bits per heavy atom. The highest BCUT2D eigenvalue weighted by Crippen LogP contribution is 2.22. The lowest BCUT2D eigenvalue weighted by Crippen LogP contribution is -2.39. The summed E-state index contributed by atoms with van der Waals surface area (Å²) in [6.07, 6.45) is 0. The third-order valence-corrected chi connectivity index (χ3v) is 5.28. The Hall–Kier alpha value is -3.31. The Balaban J connectivity index is 1.63. The summed E-state index contributed by atoms with van der Waals surface area (Å²) < 4.78 is 7.86. The van der Waals surface area contributed by atoms with Crippen LogP contribution in [0.25, 0.3) is 11.0 Å². The largest absolute Gasteiger partial charge is 0.486 e. The summed E-state index contributed by atoms with van der Waals surface area (Å²) in [5.74, 6) is 1.39.